The number of amides is 1. The summed E-state index contributed by atoms with van der Waals surface area (Å²) in [7, 11) is 3.12. The highest BCUT2D eigenvalue weighted by molar-refractivity contribution is 14.0. The number of halogens is 1. The van der Waals surface area contributed by atoms with Crippen molar-refractivity contribution in [3.05, 3.63) is 71.3 Å². The largest absolute Gasteiger partial charge is 0.465 e. The van der Waals surface area contributed by atoms with Gasteiger partial charge in [-0.15, -0.1) is 24.0 Å². The summed E-state index contributed by atoms with van der Waals surface area (Å²) in [5, 5.41) is 6.65. The Bertz CT molecular complexity index is 919. The minimum Gasteiger partial charge on any atom is -0.465 e. The van der Waals surface area contributed by atoms with Crippen molar-refractivity contribution in [3.63, 3.8) is 0 Å². The number of guanidine groups is 1. The number of carbonyl (C=O) groups is 2. The van der Waals surface area contributed by atoms with Crippen LogP contribution in [0.15, 0.2) is 59.6 Å². The topological polar surface area (TPSA) is 83.0 Å². The number of nitrogens with zero attached hydrogens (tertiary/aromatic N) is 2. The molecule has 1 unspecified atom stereocenters. The first-order valence-corrected chi connectivity index (χ1v) is 11.0. The highest BCUT2D eigenvalue weighted by Gasteiger charge is 2.29. The number of likely N-dealkylation sites (tertiary alicyclic amines) is 1. The smallest absolute Gasteiger partial charge is 0.337 e. The number of aliphatic imine (C=N–C) groups is 1. The summed E-state index contributed by atoms with van der Waals surface area (Å²) < 4.78 is 4.72. The van der Waals surface area contributed by atoms with Gasteiger partial charge in [-0.1, -0.05) is 42.5 Å². The summed E-state index contributed by atoms with van der Waals surface area (Å²) in [6.07, 6.45) is 2.26. The number of carbonyl (C=O) groups excluding carboxylic acids is 2. The second kappa shape index (κ2) is 13.8. The van der Waals surface area contributed by atoms with Gasteiger partial charge in [0.2, 0.25) is 5.91 Å². The third kappa shape index (κ3) is 8.34. The highest BCUT2D eigenvalue weighted by atomic mass is 127. The quantitative estimate of drug-likeness (QED) is 0.212. The molecule has 1 amide bonds. The summed E-state index contributed by atoms with van der Waals surface area (Å²) in [4.78, 5) is 30.1. The molecule has 2 aromatic carbocycles. The van der Waals surface area contributed by atoms with Crippen molar-refractivity contribution in [2.24, 2.45) is 10.9 Å². The average Bonchev–Trinajstić information content (AvgIpc) is 3.19. The SMILES string of the molecule is CN=C(NCCc1ccc(C(=O)OC)cc1)NCC1CC(=O)N(CCc2ccccc2)C1.I. The lowest BCUT2D eigenvalue weighted by atomic mass is 10.1. The number of ether oxygens (including phenoxy) is 1. The summed E-state index contributed by atoms with van der Waals surface area (Å²) in [5.74, 6) is 0.906. The maximum Gasteiger partial charge on any atom is 0.337 e. The van der Waals surface area contributed by atoms with Crippen molar-refractivity contribution in [2.45, 2.75) is 19.3 Å². The molecule has 0 spiro atoms. The Kier molecular flexibility index (Phi) is 11.2. The first-order chi connectivity index (χ1) is 15.6. The molecule has 0 bridgehead atoms. The maximum atomic E-state index is 12.4. The lowest BCUT2D eigenvalue weighted by molar-refractivity contribution is -0.127. The fourth-order valence-electron chi connectivity index (χ4n) is 3.83. The molecule has 0 radical (unpaired) electrons. The molecular formula is C25H33IN4O3. The molecule has 1 aliphatic heterocycles. The van der Waals surface area contributed by atoms with Crippen LogP contribution in [0.3, 0.4) is 0 Å². The van der Waals surface area contributed by atoms with E-state index in [0.29, 0.717) is 25.1 Å². The van der Waals surface area contributed by atoms with E-state index < -0.39 is 0 Å². The second-order valence-corrected chi connectivity index (χ2v) is 7.96. The van der Waals surface area contributed by atoms with E-state index in [0.717, 1.165) is 37.5 Å². The van der Waals surface area contributed by atoms with Gasteiger partial charge in [-0.25, -0.2) is 4.79 Å². The number of nitrogens with one attached hydrogen (secondary N) is 2. The van der Waals surface area contributed by atoms with Gasteiger partial charge in [-0.2, -0.15) is 0 Å². The molecule has 0 aromatic heterocycles. The fourth-order valence-corrected chi connectivity index (χ4v) is 3.83. The summed E-state index contributed by atoms with van der Waals surface area (Å²) in [6.45, 7) is 2.97. The molecule has 7 nitrogen and oxygen atoms in total. The fraction of sp³-hybridized carbons (Fsp3) is 0.400. The number of hydrogen-bond acceptors (Lipinski definition) is 4. The molecule has 1 saturated heterocycles. The Hall–Kier alpha value is -2.62. The standard InChI is InChI=1S/C25H32N4O3.HI/c1-26-25(27-14-12-20-8-10-22(11-9-20)24(31)32-2)28-17-21-16-23(30)29(18-21)15-13-19-6-4-3-5-7-19;/h3-11,21H,12-18H2,1-2H3,(H2,26,27,28);1H. The maximum absolute atomic E-state index is 12.4. The zero-order valence-corrected chi connectivity index (χ0v) is 21.6. The number of hydrogen-bond donors (Lipinski definition) is 2. The Labute approximate surface area is 213 Å². The highest BCUT2D eigenvalue weighted by Crippen LogP contribution is 2.17. The summed E-state index contributed by atoms with van der Waals surface area (Å²) in [5.41, 5.74) is 2.92. The van der Waals surface area contributed by atoms with Crippen LogP contribution in [0.1, 0.15) is 27.9 Å². The minimum atomic E-state index is -0.330. The van der Waals surface area contributed by atoms with Crippen LogP contribution in [0.25, 0.3) is 0 Å². The van der Waals surface area contributed by atoms with Crippen LogP contribution in [-0.4, -0.2) is 63.1 Å². The van der Waals surface area contributed by atoms with Crippen molar-refractivity contribution in [1.29, 1.82) is 0 Å². The first kappa shape index (κ1) is 26.6. The van der Waals surface area contributed by atoms with Crippen LogP contribution in [0, 0.1) is 5.92 Å². The molecule has 1 atom stereocenters. The monoisotopic (exact) mass is 564 g/mol. The van der Waals surface area contributed by atoms with E-state index in [4.69, 9.17) is 4.74 Å². The van der Waals surface area contributed by atoms with E-state index in [1.54, 1.807) is 19.2 Å². The van der Waals surface area contributed by atoms with Crippen LogP contribution in [0.5, 0.6) is 0 Å². The molecule has 3 rings (SSSR count). The van der Waals surface area contributed by atoms with E-state index >= 15 is 0 Å². The van der Waals surface area contributed by atoms with Crippen LogP contribution in [0.4, 0.5) is 0 Å². The van der Waals surface area contributed by atoms with Crippen molar-refractivity contribution < 1.29 is 14.3 Å². The molecule has 2 N–H and O–H groups in total. The van der Waals surface area contributed by atoms with Gasteiger partial charge in [0.15, 0.2) is 5.96 Å². The Morgan fingerprint density at radius 2 is 1.76 bits per heavy atom. The van der Waals surface area contributed by atoms with Gasteiger partial charge in [0, 0.05) is 45.6 Å². The van der Waals surface area contributed by atoms with Crippen LogP contribution < -0.4 is 10.6 Å². The first-order valence-electron chi connectivity index (χ1n) is 11.0. The van der Waals surface area contributed by atoms with Gasteiger partial charge >= 0.3 is 5.97 Å². The molecule has 33 heavy (non-hydrogen) atoms. The molecule has 1 aliphatic rings. The number of rotatable bonds is 9. The Morgan fingerprint density at radius 3 is 2.42 bits per heavy atom. The van der Waals surface area contributed by atoms with E-state index in [1.807, 2.05) is 35.2 Å². The second-order valence-electron chi connectivity index (χ2n) is 7.96. The molecule has 1 heterocycles. The molecule has 2 aromatic rings. The van der Waals surface area contributed by atoms with E-state index in [9.17, 15) is 9.59 Å². The van der Waals surface area contributed by atoms with Gasteiger partial charge in [0.05, 0.1) is 12.7 Å². The van der Waals surface area contributed by atoms with Gasteiger partial charge in [-0.05, 0) is 36.1 Å². The minimum absolute atomic E-state index is 0. The molecular weight excluding hydrogens is 531 g/mol. The van der Waals surface area contributed by atoms with E-state index in [1.165, 1.54) is 12.7 Å². The lowest BCUT2D eigenvalue weighted by Gasteiger charge is -2.18. The predicted molar refractivity (Wildman–Crippen MR) is 141 cm³/mol. The zero-order valence-electron chi connectivity index (χ0n) is 19.3. The average molecular weight is 564 g/mol. The van der Waals surface area contributed by atoms with Crippen molar-refractivity contribution in [1.82, 2.24) is 15.5 Å². The van der Waals surface area contributed by atoms with Crippen molar-refractivity contribution >= 4 is 41.8 Å². The number of esters is 1. The Balaban J connectivity index is 0.00000385. The molecule has 178 valence electrons. The third-order valence-corrected chi connectivity index (χ3v) is 5.67. The van der Waals surface area contributed by atoms with Crippen LogP contribution in [-0.2, 0) is 22.4 Å². The van der Waals surface area contributed by atoms with E-state index in [2.05, 4.69) is 27.8 Å². The summed E-state index contributed by atoms with van der Waals surface area (Å²) in [6, 6.07) is 17.7. The normalized spacial score (nSPS) is 15.7. The zero-order chi connectivity index (χ0) is 22.8. The number of methoxy groups -OCH3 is 1. The van der Waals surface area contributed by atoms with Gasteiger partial charge in [-0.3, -0.25) is 9.79 Å². The molecule has 8 heteroatoms. The third-order valence-electron chi connectivity index (χ3n) is 5.67. The Morgan fingerprint density at radius 1 is 1.06 bits per heavy atom. The van der Waals surface area contributed by atoms with Crippen LogP contribution >= 0.6 is 24.0 Å². The van der Waals surface area contributed by atoms with Gasteiger partial charge < -0.3 is 20.3 Å². The van der Waals surface area contributed by atoms with Crippen molar-refractivity contribution in [2.75, 3.05) is 40.3 Å². The molecule has 0 saturated carbocycles. The summed E-state index contributed by atoms with van der Waals surface area (Å²) >= 11 is 0. The number of benzene rings is 2. The van der Waals surface area contributed by atoms with Gasteiger partial charge in [0.25, 0.3) is 0 Å². The van der Waals surface area contributed by atoms with Crippen LogP contribution in [0.2, 0.25) is 0 Å². The van der Waals surface area contributed by atoms with Gasteiger partial charge in [0.1, 0.15) is 0 Å². The lowest BCUT2D eigenvalue weighted by Crippen LogP contribution is -2.41. The molecule has 1 fully saturated rings. The van der Waals surface area contributed by atoms with E-state index in [-0.39, 0.29) is 41.8 Å². The van der Waals surface area contributed by atoms with Crippen molar-refractivity contribution in [3.8, 4) is 0 Å². The predicted octanol–water partition coefficient (Wildman–Crippen LogP) is 2.89. The molecule has 0 aliphatic carbocycles.